The minimum Gasteiger partial charge on any atom is -0.493 e. The molecule has 0 bridgehead atoms. The zero-order chi connectivity index (χ0) is 31.7. The third-order valence-electron chi connectivity index (χ3n) is 8.39. The Kier molecular flexibility index (Phi) is 11.3. The van der Waals surface area contributed by atoms with Gasteiger partial charge in [0.2, 0.25) is 11.7 Å². The fraction of sp³-hybridized carbons (Fsp3) is 0.417. The van der Waals surface area contributed by atoms with Gasteiger partial charge in [-0.1, -0.05) is 102 Å². The lowest BCUT2D eigenvalue weighted by atomic mass is 9.76. The lowest BCUT2D eigenvalue weighted by Gasteiger charge is -2.31. The molecule has 1 atom stereocenters. The summed E-state index contributed by atoms with van der Waals surface area (Å²) in [5.74, 6) is -1.17. The summed E-state index contributed by atoms with van der Waals surface area (Å²) in [4.78, 5) is 40.4. The van der Waals surface area contributed by atoms with Gasteiger partial charge in [-0.25, -0.2) is 0 Å². The molecule has 3 aromatic rings. The molecule has 0 radical (unpaired) electrons. The Bertz CT molecular complexity index is 1390. The fourth-order valence-electron chi connectivity index (χ4n) is 4.66. The number of anilines is 1. The van der Waals surface area contributed by atoms with Gasteiger partial charge in [0.1, 0.15) is 5.75 Å². The second-order valence-electron chi connectivity index (χ2n) is 12.1. The lowest BCUT2D eigenvalue weighted by Crippen LogP contribution is -2.63. The number of nitrogens with one attached hydrogen (secondary N) is 2. The summed E-state index contributed by atoms with van der Waals surface area (Å²) in [6.07, 6.45) is 2.37. The van der Waals surface area contributed by atoms with Crippen molar-refractivity contribution in [2.24, 2.45) is 0 Å². The molecule has 0 aliphatic rings. The van der Waals surface area contributed by atoms with Gasteiger partial charge in [-0.2, -0.15) is 0 Å². The molecule has 43 heavy (non-hydrogen) atoms. The first kappa shape index (κ1) is 33.5. The first-order valence-corrected chi connectivity index (χ1v) is 15.0. The first-order valence-electron chi connectivity index (χ1n) is 15.0. The predicted molar refractivity (Wildman–Crippen MR) is 172 cm³/mol. The van der Waals surface area contributed by atoms with Crippen molar-refractivity contribution in [3.8, 4) is 5.75 Å². The number of Topliss-reactive ketones (excluding diaryl/α,β-unsaturated/α-hetero) is 1. The van der Waals surface area contributed by atoms with E-state index in [0.29, 0.717) is 18.7 Å². The standard InChI is InChI=1S/C36H46N2O5/c1-8-34(3,4)27-22-23-30(29(25-27)35(5,6)9-2)43-24-16-21-31(39)38-36(42-7,32(40)26-17-12-10-13-18-26)33(41)37-28-19-14-11-15-20-28/h10-15,17-20,22-23,25H,8-9,16,21,24H2,1-7H3,(H,37,41)(H,38,39). The molecule has 7 heteroatoms. The summed E-state index contributed by atoms with van der Waals surface area (Å²) in [6.45, 7) is 13.6. The monoisotopic (exact) mass is 586 g/mol. The quantitative estimate of drug-likeness (QED) is 0.0850. The summed E-state index contributed by atoms with van der Waals surface area (Å²) >= 11 is 0. The van der Waals surface area contributed by atoms with Crippen LogP contribution in [0.15, 0.2) is 78.9 Å². The molecule has 1 unspecified atom stereocenters. The van der Waals surface area contributed by atoms with Gasteiger partial charge in [0.25, 0.3) is 11.6 Å². The smallest absolute Gasteiger partial charge is 0.286 e. The van der Waals surface area contributed by atoms with Crippen LogP contribution in [0.1, 0.15) is 88.7 Å². The SMILES string of the molecule is CCC(C)(C)c1ccc(OCCCC(=O)NC(OC)(C(=O)Nc2ccccc2)C(=O)c2ccccc2)c(C(C)(C)CC)c1. The van der Waals surface area contributed by atoms with E-state index in [4.69, 9.17) is 9.47 Å². The molecule has 230 valence electrons. The van der Waals surface area contributed by atoms with Gasteiger partial charge in [0, 0.05) is 30.3 Å². The van der Waals surface area contributed by atoms with Crippen molar-refractivity contribution in [3.63, 3.8) is 0 Å². The maximum Gasteiger partial charge on any atom is 0.286 e. The molecule has 0 spiro atoms. The Balaban J connectivity index is 1.75. The lowest BCUT2D eigenvalue weighted by molar-refractivity contribution is -0.143. The summed E-state index contributed by atoms with van der Waals surface area (Å²) in [5.41, 5.74) is 0.819. The van der Waals surface area contributed by atoms with E-state index in [1.165, 1.54) is 12.7 Å². The van der Waals surface area contributed by atoms with Crippen LogP contribution in [-0.2, 0) is 25.2 Å². The van der Waals surface area contributed by atoms with E-state index in [1.807, 2.05) is 12.1 Å². The molecule has 0 fully saturated rings. The Labute approximate surface area is 256 Å². The Morgan fingerprint density at radius 1 is 0.791 bits per heavy atom. The predicted octanol–water partition coefficient (Wildman–Crippen LogP) is 7.20. The zero-order valence-electron chi connectivity index (χ0n) is 26.6. The highest BCUT2D eigenvalue weighted by Gasteiger charge is 2.48. The van der Waals surface area contributed by atoms with Crippen molar-refractivity contribution in [2.75, 3.05) is 19.0 Å². The zero-order valence-corrected chi connectivity index (χ0v) is 26.6. The number of hydrogen-bond donors (Lipinski definition) is 2. The molecule has 0 aliphatic carbocycles. The molecule has 7 nitrogen and oxygen atoms in total. The number of ketones is 1. The second-order valence-corrected chi connectivity index (χ2v) is 12.1. The van der Waals surface area contributed by atoms with Crippen molar-refractivity contribution < 1.29 is 23.9 Å². The van der Waals surface area contributed by atoms with Gasteiger partial charge >= 0.3 is 0 Å². The van der Waals surface area contributed by atoms with Crippen LogP contribution in [0.5, 0.6) is 5.75 Å². The van der Waals surface area contributed by atoms with Crippen molar-refractivity contribution in [2.45, 2.75) is 83.8 Å². The van der Waals surface area contributed by atoms with Crippen LogP contribution in [0.2, 0.25) is 0 Å². The number of amides is 2. The fourth-order valence-corrected chi connectivity index (χ4v) is 4.66. The Hall–Kier alpha value is -3.97. The van der Waals surface area contributed by atoms with E-state index < -0.39 is 23.3 Å². The maximum absolute atomic E-state index is 13.6. The summed E-state index contributed by atoms with van der Waals surface area (Å²) in [7, 11) is 1.23. The third-order valence-corrected chi connectivity index (χ3v) is 8.39. The number of hydrogen-bond acceptors (Lipinski definition) is 5. The molecule has 0 heterocycles. The van der Waals surface area contributed by atoms with E-state index in [2.05, 4.69) is 64.3 Å². The summed E-state index contributed by atoms with van der Waals surface area (Å²) < 4.78 is 11.7. The summed E-state index contributed by atoms with van der Waals surface area (Å²) in [6, 6.07) is 23.4. The van der Waals surface area contributed by atoms with Crippen LogP contribution in [-0.4, -0.2) is 37.0 Å². The van der Waals surface area contributed by atoms with Crippen molar-refractivity contribution in [1.82, 2.24) is 5.32 Å². The second kappa shape index (κ2) is 14.5. The normalized spacial score (nSPS) is 13.1. The number of methoxy groups -OCH3 is 1. The molecular weight excluding hydrogens is 540 g/mol. The number of benzene rings is 3. The van der Waals surface area contributed by atoms with Gasteiger partial charge in [-0.3, -0.25) is 14.4 Å². The van der Waals surface area contributed by atoms with Gasteiger partial charge in [0.15, 0.2) is 0 Å². The highest BCUT2D eigenvalue weighted by Crippen LogP contribution is 2.38. The molecule has 0 aromatic heterocycles. The van der Waals surface area contributed by atoms with Gasteiger partial charge in [-0.05, 0) is 53.9 Å². The number of ether oxygens (including phenoxy) is 2. The minimum absolute atomic E-state index is 0.0270. The molecule has 3 rings (SSSR count). The highest BCUT2D eigenvalue weighted by molar-refractivity contribution is 6.21. The maximum atomic E-state index is 13.6. The Morgan fingerprint density at radius 2 is 1.40 bits per heavy atom. The van der Waals surface area contributed by atoms with Crippen molar-refractivity contribution in [3.05, 3.63) is 95.6 Å². The van der Waals surface area contributed by atoms with Crippen LogP contribution >= 0.6 is 0 Å². The topological polar surface area (TPSA) is 93.7 Å². The van der Waals surface area contributed by atoms with Crippen LogP contribution in [0.25, 0.3) is 0 Å². The van der Waals surface area contributed by atoms with Crippen LogP contribution < -0.4 is 15.4 Å². The largest absolute Gasteiger partial charge is 0.493 e. The van der Waals surface area contributed by atoms with Crippen molar-refractivity contribution >= 4 is 23.3 Å². The molecule has 3 aromatic carbocycles. The average molecular weight is 587 g/mol. The number of rotatable bonds is 15. The van der Waals surface area contributed by atoms with Gasteiger partial charge in [-0.15, -0.1) is 0 Å². The van der Waals surface area contributed by atoms with E-state index in [0.717, 1.165) is 24.2 Å². The van der Waals surface area contributed by atoms with Crippen molar-refractivity contribution in [1.29, 1.82) is 0 Å². The van der Waals surface area contributed by atoms with E-state index in [1.54, 1.807) is 54.6 Å². The summed E-state index contributed by atoms with van der Waals surface area (Å²) in [5, 5.41) is 5.29. The molecule has 2 N–H and O–H groups in total. The average Bonchev–Trinajstić information content (AvgIpc) is 3.02. The molecule has 0 saturated carbocycles. The Morgan fingerprint density at radius 3 is 1.98 bits per heavy atom. The van der Waals surface area contributed by atoms with E-state index >= 15 is 0 Å². The molecule has 0 saturated heterocycles. The molecule has 0 aliphatic heterocycles. The minimum atomic E-state index is -2.25. The van der Waals surface area contributed by atoms with Crippen LogP contribution in [0, 0.1) is 0 Å². The van der Waals surface area contributed by atoms with E-state index in [-0.39, 0.29) is 22.8 Å². The molecule has 2 amide bonds. The third kappa shape index (κ3) is 8.11. The number of carbonyl (C=O) groups is 3. The first-order chi connectivity index (χ1) is 20.4. The van der Waals surface area contributed by atoms with E-state index in [9.17, 15) is 14.4 Å². The highest BCUT2D eigenvalue weighted by atomic mass is 16.5. The van der Waals surface area contributed by atoms with Crippen LogP contribution in [0.4, 0.5) is 5.69 Å². The number of carbonyl (C=O) groups excluding carboxylic acids is 3. The number of para-hydroxylation sites is 1. The van der Waals surface area contributed by atoms with Gasteiger partial charge < -0.3 is 20.1 Å². The van der Waals surface area contributed by atoms with Gasteiger partial charge in [0.05, 0.1) is 6.61 Å². The van der Waals surface area contributed by atoms with Crippen LogP contribution in [0.3, 0.4) is 0 Å². The molecular formula is C36H46N2O5.